The summed E-state index contributed by atoms with van der Waals surface area (Å²) in [6.07, 6.45) is 0.130. The molecular weight excluding hydrogens is 350 g/mol. The number of hydrogen-bond donors (Lipinski definition) is 0. The molecule has 0 aromatic heterocycles. The van der Waals surface area contributed by atoms with Gasteiger partial charge < -0.3 is 0 Å². The van der Waals surface area contributed by atoms with Gasteiger partial charge in [-0.1, -0.05) is 42.8 Å². The van der Waals surface area contributed by atoms with Gasteiger partial charge in [0, 0.05) is 18.6 Å². The second-order valence-corrected chi connectivity index (χ2v) is 7.39. The summed E-state index contributed by atoms with van der Waals surface area (Å²) in [7, 11) is 1.76. The molecule has 1 aliphatic carbocycles. The first-order valence-corrected chi connectivity index (χ1v) is 9.21. The Morgan fingerprint density at radius 3 is 2.42 bits per heavy atom. The minimum absolute atomic E-state index is 0.0210. The largest absolute Gasteiger partial charge is 0.298 e. The third-order valence-corrected chi connectivity index (χ3v) is 5.59. The van der Waals surface area contributed by atoms with Crippen LogP contribution < -0.4 is 0 Å². The van der Waals surface area contributed by atoms with Gasteiger partial charge in [-0.05, 0) is 46.9 Å². The predicted octanol–water partition coefficient (Wildman–Crippen LogP) is 3.67. The van der Waals surface area contributed by atoms with Gasteiger partial charge in [-0.3, -0.25) is 14.4 Å². The van der Waals surface area contributed by atoms with Crippen LogP contribution in [0.4, 0.5) is 0 Å². The van der Waals surface area contributed by atoms with Crippen molar-refractivity contribution in [2.24, 2.45) is 5.92 Å². The second-order valence-electron chi connectivity index (χ2n) is 6.95. The molecule has 1 unspecified atom stereocenters. The maximum Gasteiger partial charge on any atom is 0.179 e. The summed E-state index contributed by atoms with van der Waals surface area (Å²) in [6.45, 7) is 2.51. The monoisotopic (exact) mass is 369 g/mol. The van der Waals surface area contributed by atoms with Gasteiger partial charge in [0.1, 0.15) is 12.0 Å². The molecule has 0 N–H and O–H groups in total. The summed E-state index contributed by atoms with van der Waals surface area (Å²) in [6, 6.07) is 13.6. The van der Waals surface area contributed by atoms with E-state index in [1.54, 1.807) is 12.1 Å². The first kappa shape index (κ1) is 17.4. The molecule has 4 rings (SSSR count). The molecule has 1 saturated heterocycles. The number of ketones is 2. The number of benzene rings is 2. The highest BCUT2D eigenvalue weighted by Gasteiger charge is 2.55. The zero-order valence-corrected chi connectivity index (χ0v) is 15.5. The zero-order valence-electron chi connectivity index (χ0n) is 14.7. The lowest BCUT2D eigenvalue weighted by Gasteiger charge is -2.17. The maximum absolute atomic E-state index is 13.0. The van der Waals surface area contributed by atoms with E-state index in [0.29, 0.717) is 11.6 Å². The Morgan fingerprint density at radius 2 is 1.77 bits per heavy atom. The van der Waals surface area contributed by atoms with E-state index in [0.717, 1.165) is 28.7 Å². The van der Waals surface area contributed by atoms with E-state index in [1.807, 2.05) is 49.4 Å². The number of Topliss-reactive ketones (excluding diaryl/α,β-unsaturated/α-hetero) is 2. The van der Waals surface area contributed by atoms with Gasteiger partial charge in [-0.2, -0.15) is 5.06 Å². The lowest BCUT2D eigenvalue weighted by atomic mass is 9.87. The van der Waals surface area contributed by atoms with Crippen molar-refractivity contribution in [1.29, 1.82) is 0 Å². The second kappa shape index (κ2) is 6.62. The SMILES string of the molecule is CCc1ccc(-c2ccc(Cl)cc2)cc1C1C(=O)[C@H]2CN(C)O[C@H]2C1=O. The van der Waals surface area contributed by atoms with Gasteiger partial charge in [-0.25, -0.2) is 0 Å². The van der Waals surface area contributed by atoms with E-state index >= 15 is 0 Å². The van der Waals surface area contributed by atoms with Crippen molar-refractivity contribution in [1.82, 2.24) is 5.06 Å². The first-order valence-electron chi connectivity index (χ1n) is 8.83. The van der Waals surface area contributed by atoms with Crippen molar-refractivity contribution < 1.29 is 14.4 Å². The third kappa shape index (κ3) is 2.78. The minimum atomic E-state index is -0.721. The highest BCUT2D eigenvalue weighted by molar-refractivity contribution is 6.30. The first-order chi connectivity index (χ1) is 12.5. The summed E-state index contributed by atoms with van der Waals surface area (Å²) >= 11 is 5.98. The summed E-state index contributed by atoms with van der Waals surface area (Å²) in [4.78, 5) is 31.4. The molecule has 26 heavy (non-hydrogen) atoms. The molecule has 5 heteroatoms. The third-order valence-electron chi connectivity index (χ3n) is 5.34. The van der Waals surface area contributed by atoms with Gasteiger partial charge in [0.05, 0.1) is 5.92 Å². The molecule has 134 valence electrons. The fraction of sp³-hybridized carbons (Fsp3) is 0.333. The molecule has 0 amide bonds. The Kier molecular flexibility index (Phi) is 4.43. The van der Waals surface area contributed by atoms with Crippen LogP contribution in [-0.4, -0.2) is 36.3 Å². The molecule has 1 heterocycles. The van der Waals surface area contributed by atoms with Gasteiger partial charge in [0.15, 0.2) is 11.6 Å². The number of rotatable bonds is 3. The molecule has 4 nitrogen and oxygen atoms in total. The van der Waals surface area contributed by atoms with E-state index in [2.05, 4.69) is 0 Å². The Morgan fingerprint density at radius 1 is 1.08 bits per heavy atom. The fourth-order valence-corrected chi connectivity index (χ4v) is 4.13. The predicted molar refractivity (Wildman–Crippen MR) is 100 cm³/mol. The van der Waals surface area contributed by atoms with Crippen LogP contribution in [0, 0.1) is 5.92 Å². The van der Waals surface area contributed by atoms with Crippen LogP contribution in [0.15, 0.2) is 42.5 Å². The van der Waals surface area contributed by atoms with Crippen LogP contribution in [0.2, 0.25) is 5.02 Å². The van der Waals surface area contributed by atoms with Crippen LogP contribution in [0.1, 0.15) is 24.0 Å². The molecule has 2 aromatic carbocycles. The Hall–Kier alpha value is -2.01. The number of aryl methyl sites for hydroxylation is 1. The molecule has 2 aliphatic rings. The van der Waals surface area contributed by atoms with Gasteiger partial charge in [0.25, 0.3) is 0 Å². The minimum Gasteiger partial charge on any atom is -0.298 e. The molecule has 0 radical (unpaired) electrons. The van der Waals surface area contributed by atoms with E-state index in [4.69, 9.17) is 16.4 Å². The summed E-state index contributed by atoms with van der Waals surface area (Å²) in [5.74, 6) is -1.22. The van der Waals surface area contributed by atoms with Crippen LogP contribution in [0.3, 0.4) is 0 Å². The number of carbonyl (C=O) groups is 2. The highest BCUT2D eigenvalue weighted by atomic mass is 35.5. The quantitative estimate of drug-likeness (QED) is 0.774. The molecule has 2 fully saturated rings. The fourth-order valence-electron chi connectivity index (χ4n) is 4.01. The van der Waals surface area contributed by atoms with Crippen LogP contribution in [0.5, 0.6) is 0 Å². The lowest BCUT2D eigenvalue weighted by Crippen LogP contribution is -2.25. The Balaban J connectivity index is 1.76. The standard InChI is InChI=1S/C21H20ClNO3/c1-3-12-4-5-14(13-6-8-15(22)9-7-13)10-16(12)18-19(24)17-11-23(2)26-21(17)20(18)25/h4-10,17-18,21H,3,11H2,1-2H3/t17-,18?,21-/m1/s1. The summed E-state index contributed by atoms with van der Waals surface area (Å²) < 4.78 is 0. The number of hydroxylamine groups is 2. The summed E-state index contributed by atoms with van der Waals surface area (Å²) in [5, 5.41) is 2.26. The van der Waals surface area contributed by atoms with E-state index in [9.17, 15) is 9.59 Å². The maximum atomic E-state index is 13.0. The molecule has 2 aromatic rings. The highest BCUT2D eigenvalue weighted by Crippen LogP contribution is 2.40. The molecule has 1 saturated carbocycles. The van der Waals surface area contributed by atoms with Crippen molar-refractivity contribution in [2.45, 2.75) is 25.4 Å². The van der Waals surface area contributed by atoms with E-state index in [1.165, 1.54) is 0 Å². The topological polar surface area (TPSA) is 46.6 Å². The van der Waals surface area contributed by atoms with Crippen molar-refractivity contribution in [3.63, 3.8) is 0 Å². The smallest absolute Gasteiger partial charge is 0.179 e. The number of halogens is 1. The van der Waals surface area contributed by atoms with Crippen LogP contribution >= 0.6 is 11.6 Å². The molecule has 3 atom stereocenters. The average Bonchev–Trinajstić information content (AvgIpc) is 3.13. The van der Waals surface area contributed by atoms with Crippen molar-refractivity contribution in [3.8, 4) is 11.1 Å². The molecule has 0 spiro atoms. The van der Waals surface area contributed by atoms with E-state index < -0.39 is 12.0 Å². The van der Waals surface area contributed by atoms with Crippen LogP contribution in [-0.2, 0) is 20.8 Å². The van der Waals surface area contributed by atoms with Crippen molar-refractivity contribution >= 4 is 23.2 Å². The van der Waals surface area contributed by atoms with E-state index in [-0.39, 0.29) is 17.5 Å². The molecule has 0 bridgehead atoms. The Bertz CT molecular complexity index is 853. The van der Waals surface area contributed by atoms with Gasteiger partial charge in [0.2, 0.25) is 0 Å². The van der Waals surface area contributed by atoms with Crippen molar-refractivity contribution in [3.05, 3.63) is 58.6 Å². The zero-order chi connectivity index (χ0) is 18.4. The number of nitrogens with zero attached hydrogens (tertiary/aromatic N) is 1. The van der Waals surface area contributed by atoms with Crippen LogP contribution in [0.25, 0.3) is 11.1 Å². The summed E-state index contributed by atoms with van der Waals surface area (Å²) in [5.41, 5.74) is 3.83. The lowest BCUT2D eigenvalue weighted by molar-refractivity contribution is -0.154. The number of carbonyl (C=O) groups excluding carboxylic acids is 2. The Labute approximate surface area is 157 Å². The van der Waals surface area contributed by atoms with Gasteiger partial charge >= 0.3 is 0 Å². The van der Waals surface area contributed by atoms with Crippen molar-refractivity contribution in [2.75, 3.05) is 13.6 Å². The number of hydrogen-bond acceptors (Lipinski definition) is 4. The molecule has 1 aliphatic heterocycles. The molecular formula is C21H20ClNO3. The number of fused-ring (bicyclic) bond motifs is 1. The van der Waals surface area contributed by atoms with Gasteiger partial charge in [-0.15, -0.1) is 0 Å². The normalized spacial score (nSPS) is 25.7. The average molecular weight is 370 g/mol.